The van der Waals surface area contributed by atoms with E-state index in [1.807, 2.05) is 90.5 Å². The average Bonchev–Trinajstić information content (AvgIpc) is 3.15. The monoisotopic (exact) mass is 515 g/mol. The Bertz CT molecular complexity index is 1410. The van der Waals surface area contributed by atoms with Crippen LogP contribution in [0.4, 0.5) is 0 Å². The van der Waals surface area contributed by atoms with Crippen molar-refractivity contribution in [3.8, 4) is 5.69 Å². The summed E-state index contributed by atoms with van der Waals surface area (Å²) in [5.74, 6) is -0.179. The standard InChI is InChI=1S/C30H27Cl2N3O/c1-20(22-9-3-2-4-10-22)33-30(36)28-25-12-6-5-11-23(19-21-15-17-24(31)18-16-21)29(25)35(34-28)27-14-8-7-13-26(27)32/h2-4,7-10,13-20H,5-6,11-12H2,1H3,(H,33,36)/t20-/m0/s1. The number of carbonyl (C=O) groups excluding carboxylic acids is 1. The van der Waals surface area contributed by atoms with Gasteiger partial charge in [0.05, 0.1) is 22.4 Å². The first-order valence-corrected chi connectivity index (χ1v) is 13.0. The first-order valence-electron chi connectivity index (χ1n) is 12.2. The molecule has 3 aromatic carbocycles. The predicted octanol–water partition coefficient (Wildman–Crippen LogP) is 7.94. The van der Waals surface area contributed by atoms with Gasteiger partial charge in [-0.2, -0.15) is 5.10 Å². The molecule has 36 heavy (non-hydrogen) atoms. The highest BCUT2D eigenvalue weighted by Crippen LogP contribution is 2.36. The highest BCUT2D eigenvalue weighted by atomic mass is 35.5. The van der Waals surface area contributed by atoms with Crippen LogP contribution >= 0.6 is 23.2 Å². The normalized spacial score (nSPS) is 15.2. The van der Waals surface area contributed by atoms with Crippen molar-refractivity contribution in [1.82, 2.24) is 15.1 Å². The number of rotatable bonds is 5. The van der Waals surface area contributed by atoms with Crippen LogP contribution in [-0.4, -0.2) is 15.7 Å². The van der Waals surface area contributed by atoms with Gasteiger partial charge in [-0.15, -0.1) is 0 Å². The molecule has 1 amide bonds. The molecule has 1 aliphatic carbocycles. The third kappa shape index (κ3) is 5.11. The Labute approximate surface area is 221 Å². The van der Waals surface area contributed by atoms with Gasteiger partial charge in [-0.05, 0) is 79.6 Å². The van der Waals surface area contributed by atoms with Crippen molar-refractivity contribution in [2.24, 2.45) is 0 Å². The summed E-state index contributed by atoms with van der Waals surface area (Å²) in [4.78, 5) is 13.6. The van der Waals surface area contributed by atoms with E-state index in [0.29, 0.717) is 15.7 Å². The number of aromatic nitrogens is 2. The molecule has 1 heterocycles. The van der Waals surface area contributed by atoms with E-state index in [2.05, 4.69) is 11.4 Å². The number of allylic oxidation sites excluding steroid dienone is 1. The summed E-state index contributed by atoms with van der Waals surface area (Å²) >= 11 is 12.7. The van der Waals surface area contributed by atoms with Crippen LogP contribution in [0.1, 0.15) is 65.1 Å². The molecule has 0 unspecified atom stereocenters. The van der Waals surface area contributed by atoms with Gasteiger partial charge < -0.3 is 5.32 Å². The van der Waals surface area contributed by atoms with Gasteiger partial charge in [-0.1, -0.05) is 77.8 Å². The van der Waals surface area contributed by atoms with Gasteiger partial charge in [-0.25, -0.2) is 4.68 Å². The average molecular weight is 516 g/mol. The fourth-order valence-corrected chi connectivity index (χ4v) is 5.07. The van der Waals surface area contributed by atoms with E-state index < -0.39 is 0 Å². The van der Waals surface area contributed by atoms with Crippen LogP contribution in [-0.2, 0) is 6.42 Å². The molecule has 0 saturated heterocycles. The topological polar surface area (TPSA) is 46.9 Å². The summed E-state index contributed by atoms with van der Waals surface area (Å²) in [5, 5.41) is 9.31. The van der Waals surface area contributed by atoms with Crippen molar-refractivity contribution in [3.63, 3.8) is 0 Å². The minimum absolute atomic E-state index is 0.144. The highest BCUT2D eigenvalue weighted by molar-refractivity contribution is 6.32. The van der Waals surface area contributed by atoms with Crippen LogP contribution in [0.2, 0.25) is 10.0 Å². The number of carbonyl (C=O) groups is 1. The Morgan fingerprint density at radius 2 is 1.64 bits per heavy atom. The van der Waals surface area contributed by atoms with Crippen molar-refractivity contribution in [3.05, 3.63) is 117 Å². The Hall–Kier alpha value is -3.34. The van der Waals surface area contributed by atoms with Gasteiger partial charge in [0.2, 0.25) is 0 Å². The Kier molecular flexibility index (Phi) is 7.26. The lowest BCUT2D eigenvalue weighted by molar-refractivity contribution is 0.0933. The smallest absolute Gasteiger partial charge is 0.272 e. The summed E-state index contributed by atoms with van der Waals surface area (Å²) in [6.45, 7) is 1.99. The van der Waals surface area contributed by atoms with Gasteiger partial charge in [0.25, 0.3) is 5.91 Å². The van der Waals surface area contributed by atoms with E-state index in [1.54, 1.807) is 0 Å². The molecule has 0 bridgehead atoms. The molecule has 0 fully saturated rings. The maximum Gasteiger partial charge on any atom is 0.272 e. The van der Waals surface area contributed by atoms with E-state index in [-0.39, 0.29) is 11.9 Å². The minimum Gasteiger partial charge on any atom is -0.344 e. The molecule has 1 aliphatic rings. The fraction of sp³-hybridized carbons (Fsp3) is 0.200. The van der Waals surface area contributed by atoms with E-state index in [4.69, 9.17) is 28.3 Å². The van der Waals surface area contributed by atoms with Crippen LogP contribution in [0, 0.1) is 0 Å². The molecule has 1 atom stereocenters. The molecule has 4 aromatic rings. The molecule has 0 radical (unpaired) electrons. The van der Waals surface area contributed by atoms with E-state index in [0.717, 1.165) is 59.3 Å². The SMILES string of the molecule is C[C@H](NC(=O)c1nn(-c2ccccc2Cl)c2c1CCCCC2=Cc1ccc(Cl)cc1)c1ccccc1. The lowest BCUT2D eigenvalue weighted by Crippen LogP contribution is -2.28. The van der Waals surface area contributed by atoms with E-state index >= 15 is 0 Å². The van der Waals surface area contributed by atoms with Gasteiger partial charge in [-0.3, -0.25) is 4.79 Å². The first kappa shape index (κ1) is 24.4. The zero-order valence-electron chi connectivity index (χ0n) is 20.0. The number of halogens is 2. The number of nitrogens with zero attached hydrogens (tertiary/aromatic N) is 2. The third-order valence-electron chi connectivity index (χ3n) is 6.56. The maximum absolute atomic E-state index is 13.6. The molecule has 0 saturated carbocycles. The quantitative estimate of drug-likeness (QED) is 0.274. The number of benzene rings is 3. The fourth-order valence-electron chi connectivity index (χ4n) is 4.72. The molecule has 5 rings (SSSR count). The number of fused-ring (bicyclic) bond motifs is 1. The largest absolute Gasteiger partial charge is 0.344 e. The molecular formula is C30H27Cl2N3O. The summed E-state index contributed by atoms with van der Waals surface area (Å²) < 4.78 is 1.85. The zero-order valence-corrected chi connectivity index (χ0v) is 21.6. The van der Waals surface area contributed by atoms with Crippen molar-refractivity contribution in [2.45, 2.75) is 38.6 Å². The van der Waals surface area contributed by atoms with Crippen LogP contribution < -0.4 is 5.32 Å². The second-order valence-corrected chi connectivity index (χ2v) is 9.92. The summed E-state index contributed by atoms with van der Waals surface area (Å²) in [6, 6.07) is 25.2. The van der Waals surface area contributed by atoms with Crippen LogP contribution in [0.3, 0.4) is 0 Å². The number of nitrogens with one attached hydrogen (secondary N) is 1. The third-order valence-corrected chi connectivity index (χ3v) is 7.14. The number of hydrogen-bond donors (Lipinski definition) is 1. The molecular weight excluding hydrogens is 489 g/mol. The summed E-state index contributed by atoms with van der Waals surface area (Å²) in [7, 11) is 0. The van der Waals surface area contributed by atoms with Crippen LogP contribution in [0.25, 0.3) is 17.3 Å². The van der Waals surface area contributed by atoms with Crippen molar-refractivity contribution in [1.29, 1.82) is 0 Å². The summed E-state index contributed by atoms with van der Waals surface area (Å²) in [6.07, 6.45) is 5.84. The van der Waals surface area contributed by atoms with Gasteiger partial charge in [0, 0.05) is 10.6 Å². The number of amides is 1. The second-order valence-electron chi connectivity index (χ2n) is 9.07. The zero-order chi connectivity index (χ0) is 25.1. The van der Waals surface area contributed by atoms with Crippen molar-refractivity contribution < 1.29 is 4.79 Å². The molecule has 4 nitrogen and oxygen atoms in total. The molecule has 182 valence electrons. The lowest BCUT2D eigenvalue weighted by atomic mass is 10.0. The molecule has 0 aliphatic heterocycles. The van der Waals surface area contributed by atoms with E-state index in [1.165, 1.54) is 0 Å². The number of para-hydroxylation sites is 1. The number of hydrogen-bond acceptors (Lipinski definition) is 2. The van der Waals surface area contributed by atoms with Crippen LogP contribution in [0.15, 0.2) is 78.9 Å². The molecule has 1 N–H and O–H groups in total. The van der Waals surface area contributed by atoms with Gasteiger partial charge in [0.1, 0.15) is 0 Å². The minimum atomic E-state index is -0.179. The van der Waals surface area contributed by atoms with Gasteiger partial charge >= 0.3 is 0 Å². The summed E-state index contributed by atoms with van der Waals surface area (Å²) in [5.41, 5.74) is 6.36. The Morgan fingerprint density at radius 1 is 0.944 bits per heavy atom. The molecule has 1 aromatic heterocycles. The Balaban J connectivity index is 1.63. The van der Waals surface area contributed by atoms with E-state index in [9.17, 15) is 4.79 Å². The first-order chi connectivity index (χ1) is 17.5. The van der Waals surface area contributed by atoms with Crippen molar-refractivity contribution in [2.75, 3.05) is 0 Å². The highest BCUT2D eigenvalue weighted by Gasteiger charge is 2.28. The van der Waals surface area contributed by atoms with Gasteiger partial charge in [0.15, 0.2) is 5.69 Å². The molecule has 0 spiro atoms. The Morgan fingerprint density at radius 3 is 2.39 bits per heavy atom. The second kappa shape index (κ2) is 10.7. The van der Waals surface area contributed by atoms with Crippen molar-refractivity contribution >= 4 is 40.8 Å². The maximum atomic E-state index is 13.6. The predicted molar refractivity (Wildman–Crippen MR) is 148 cm³/mol. The molecule has 6 heteroatoms. The lowest BCUT2D eigenvalue weighted by Gasteiger charge is -2.14. The van der Waals surface area contributed by atoms with Crippen LogP contribution in [0.5, 0.6) is 0 Å².